The van der Waals surface area contributed by atoms with Crippen LogP contribution >= 0.6 is 0 Å². The topological polar surface area (TPSA) is 42.7 Å². The molecule has 0 saturated carbocycles. The van der Waals surface area contributed by atoms with E-state index in [1.807, 2.05) is 6.33 Å². The molecular weight excluding hydrogens is 200 g/mol. The van der Waals surface area contributed by atoms with Gasteiger partial charge in [-0.15, -0.1) is 10.2 Å². The van der Waals surface area contributed by atoms with Gasteiger partial charge in [0, 0.05) is 12.5 Å². The van der Waals surface area contributed by atoms with Crippen LogP contribution in [0.2, 0.25) is 0 Å². The molecule has 0 spiro atoms. The fourth-order valence-corrected chi connectivity index (χ4v) is 2.40. The molecule has 4 nitrogen and oxygen atoms in total. The maximum atomic E-state index is 4.25. The molecule has 1 saturated heterocycles. The summed E-state index contributed by atoms with van der Waals surface area (Å²) in [4.78, 5) is 0. The Morgan fingerprint density at radius 2 is 2.31 bits per heavy atom. The number of hydrogen-bond acceptors (Lipinski definition) is 3. The van der Waals surface area contributed by atoms with Crippen LogP contribution in [0.3, 0.4) is 0 Å². The Hall–Kier alpha value is -0.900. The fourth-order valence-electron chi connectivity index (χ4n) is 2.40. The van der Waals surface area contributed by atoms with Gasteiger partial charge in [-0.1, -0.05) is 0 Å². The second-order valence-electron chi connectivity index (χ2n) is 5.00. The summed E-state index contributed by atoms with van der Waals surface area (Å²) in [6, 6.07) is 0.467. The van der Waals surface area contributed by atoms with Gasteiger partial charge < -0.3 is 9.88 Å². The van der Waals surface area contributed by atoms with E-state index >= 15 is 0 Å². The lowest BCUT2D eigenvalue weighted by atomic mass is 9.96. The molecule has 1 aromatic rings. The zero-order valence-corrected chi connectivity index (χ0v) is 10.3. The van der Waals surface area contributed by atoms with Gasteiger partial charge in [-0.25, -0.2) is 0 Å². The van der Waals surface area contributed by atoms with Crippen molar-refractivity contribution in [3.8, 4) is 0 Å². The van der Waals surface area contributed by atoms with Gasteiger partial charge in [0.15, 0.2) is 0 Å². The molecule has 1 unspecified atom stereocenters. The zero-order valence-electron chi connectivity index (χ0n) is 10.3. The van der Waals surface area contributed by atoms with Crippen LogP contribution in [-0.4, -0.2) is 27.9 Å². The molecule has 2 rings (SSSR count). The Morgan fingerprint density at radius 3 is 3.12 bits per heavy atom. The predicted molar refractivity (Wildman–Crippen MR) is 64.3 cm³/mol. The first-order valence-corrected chi connectivity index (χ1v) is 6.36. The highest BCUT2D eigenvalue weighted by molar-refractivity contribution is 4.90. The van der Waals surface area contributed by atoms with E-state index in [4.69, 9.17) is 0 Å². The van der Waals surface area contributed by atoms with E-state index in [0.29, 0.717) is 6.04 Å². The van der Waals surface area contributed by atoms with Gasteiger partial charge in [-0.2, -0.15) is 0 Å². The standard InChI is InChI=1S/C12H22N4/c1-10(2)16-9-14-15-12(16)8-11-4-3-6-13-7-5-11/h9-11,13H,3-8H2,1-2H3. The van der Waals surface area contributed by atoms with Crippen molar-refractivity contribution < 1.29 is 0 Å². The minimum atomic E-state index is 0.467. The third kappa shape index (κ3) is 2.82. The van der Waals surface area contributed by atoms with Crippen LogP contribution in [0.15, 0.2) is 6.33 Å². The average Bonchev–Trinajstić information content (AvgIpc) is 2.55. The Labute approximate surface area is 97.5 Å². The maximum absolute atomic E-state index is 4.25. The first-order chi connectivity index (χ1) is 7.77. The third-order valence-corrected chi connectivity index (χ3v) is 3.37. The zero-order chi connectivity index (χ0) is 11.4. The van der Waals surface area contributed by atoms with E-state index in [2.05, 4.69) is 33.9 Å². The molecular formula is C12H22N4. The SMILES string of the molecule is CC(C)n1cnnc1CC1CCCNCC1. The first-order valence-electron chi connectivity index (χ1n) is 6.36. The van der Waals surface area contributed by atoms with Crippen molar-refractivity contribution >= 4 is 0 Å². The smallest absolute Gasteiger partial charge is 0.133 e. The fraction of sp³-hybridized carbons (Fsp3) is 0.833. The van der Waals surface area contributed by atoms with E-state index in [9.17, 15) is 0 Å². The average molecular weight is 222 g/mol. The van der Waals surface area contributed by atoms with E-state index < -0.39 is 0 Å². The van der Waals surface area contributed by atoms with E-state index in [-0.39, 0.29) is 0 Å². The van der Waals surface area contributed by atoms with Crippen LogP contribution in [0.5, 0.6) is 0 Å². The Balaban J connectivity index is 1.99. The summed E-state index contributed by atoms with van der Waals surface area (Å²) >= 11 is 0. The first kappa shape index (κ1) is 11.6. The summed E-state index contributed by atoms with van der Waals surface area (Å²) in [6.45, 7) is 6.69. The van der Waals surface area contributed by atoms with Gasteiger partial charge in [0.05, 0.1) is 0 Å². The molecule has 0 amide bonds. The van der Waals surface area contributed by atoms with Crippen LogP contribution in [0.25, 0.3) is 0 Å². The lowest BCUT2D eigenvalue weighted by Gasteiger charge is -2.15. The number of nitrogens with one attached hydrogen (secondary N) is 1. The quantitative estimate of drug-likeness (QED) is 0.848. The molecule has 1 atom stereocenters. The van der Waals surface area contributed by atoms with Crippen molar-refractivity contribution in [1.29, 1.82) is 0 Å². The molecule has 1 fully saturated rings. The highest BCUT2D eigenvalue weighted by Gasteiger charge is 2.16. The Kier molecular flexibility index (Phi) is 3.93. The van der Waals surface area contributed by atoms with Crippen LogP contribution in [0.1, 0.15) is 45.0 Å². The minimum absolute atomic E-state index is 0.467. The Morgan fingerprint density at radius 1 is 1.44 bits per heavy atom. The summed E-state index contributed by atoms with van der Waals surface area (Å²) in [6.07, 6.45) is 6.82. The van der Waals surface area contributed by atoms with E-state index in [1.54, 1.807) is 0 Å². The van der Waals surface area contributed by atoms with Crippen molar-refractivity contribution in [2.24, 2.45) is 5.92 Å². The highest BCUT2D eigenvalue weighted by Crippen LogP contribution is 2.19. The lowest BCUT2D eigenvalue weighted by molar-refractivity contribution is 0.439. The molecule has 0 bridgehead atoms. The molecule has 1 aromatic heterocycles. The predicted octanol–water partition coefficient (Wildman–Crippen LogP) is 1.79. The summed E-state index contributed by atoms with van der Waals surface area (Å²) < 4.78 is 2.19. The number of nitrogens with zero attached hydrogens (tertiary/aromatic N) is 3. The van der Waals surface area contributed by atoms with Gasteiger partial charge in [0.1, 0.15) is 12.2 Å². The van der Waals surface area contributed by atoms with Crippen LogP contribution in [0, 0.1) is 5.92 Å². The van der Waals surface area contributed by atoms with Gasteiger partial charge in [0.2, 0.25) is 0 Å². The normalized spacial score (nSPS) is 22.3. The summed E-state index contributed by atoms with van der Waals surface area (Å²) in [7, 11) is 0. The van der Waals surface area contributed by atoms with Crippen molar-refractivity contribution in [3.05, 3.63) is 12.2 Å². The van der Waals surface area contributed by atoms with Gasteiger partial charge >= 0.3 is 0 Å². The van der Waals surface area contributed by atoms with Gasteiger partial charge in [-0.05, 0) is 52.1 Å². The largest absolute Gasteiger partial charge is 0.317 e. The highest BCUT2D eigenvalue weighted by atomic mass is 15.3. The lowest BCUT2D eigenvalue weighted by Crippen LogP contribution is -2.15. The number of hydrogen-bond donors (Lipinski definition) is 1. The number of aromatic nitrogens is 3. The van der Waals surface area contributed by atoms with Gasteiger partial charge in [0.25, 0.3) is 0 Å². The number of rotatable bonds is 3. The van der Waals surface area contributed by atoms with Gasteiger partial charge in [-0.3, -0.25) is 0 Å². The van der Waals surface area contributed by atoms with Crippen molar-refractivity contribution in [2.75, 3.05) is 13.1 Å². The summed E-state index contributed by atoms with van der Waals surface area (Å²) in [5.74, 6) is 1.93. The molecule has 0 aliphatic carbocycles. The maximum Gasteiger partial charge on any atom is 0.133 e. The van der Waals surface area contributed by atoms with E-state index in [1.165, 1.54) is 25.8 Å². The van der Waals surface area contributed by atoms with Crippen molar-refractivity contribution in [3.63, 3.8) is 0 Å². The third-order valence-electron chi connectivity index (χ3n) is 3.37. The molecule has 2 heterocycles. The monoisotopic (exact) mass is 222 g/mol. The second kappa shape index (κ2) is 5.43. The van der Waals surface area contributed by atoms with Crippen LogP contribution < -0.4 is 5.32 Å². The second-order valence-corrected chi connectivity index (χ2v) is 5.00. The molecule has 90 valence electrons. The summed E-state index contributed by atoms with van der Waals surface area (Å²) in [5, 5.41) is 11.7. The van der Waals surface area contributed by atoms with Crippen LogP contribution in [-0.2, 0) is 6.42 Å². The molecule has 1 aliphatic rings. The van der Waals surface area contributed by atoms with Crippen molar-refractivity contribution in [1.82, 2.24) is 20.1 Å². The van der Waals surface area contributed by atoms with E-state index in [0.717, 1.165) is 24.7 Å². The molecule has 4 heteroatoms. The molecule has 1 aliphatic heterocycles. The Bertz CT molecular complexity index is 311. The van der Waals surface area contributed by atoms with Crippen molar-refractivity contribution in [2.45, 2.75) is 45.6 Å². The molecule has 1 N–H and O–H groups in total. The minimum Gasteiger partial charge on any atom is -0.317 e. The molecule has 0 aromatic carbocycles. The van der Waals surface area contributed by atoms with Crippen LogP contribution in [0.4, 0.5) is 0 Å². The molecule has 16 heavy (non-hydrogen) atoms. The summed E-state index contributed by atoms with van der Waals surface area (Å²) in [5.41, 5.74) is 0. The molecule has 0 radical (unpaired) electrons.